The molecule has 2 heterocycles. The molecule has 2 aliphatic heterocycles. The van der Waals surface area contributed by atoms with Crippen LogP contribution in [0.25, 0.3) is 0 Å². The van der Waals surface area contributed by atoms with Crippen LogP contribution < -0.4 is 5.32 Å². The van der Waals surface area contributed by atoms with Gasteiger partial charge in [-0.05, 0) is 33.4 Å². The van der Waals surface area contributed by atoms with Crippen molar-refractivity contribution in [1.29, 1.82) is 0 Å². The van der Waals surface area contributed by atoms with Gasteiger partial charge < -0.3 is 15.0 Å². The first-order valence-electron chi connectivity index (χ1n) is 7.09. The van der Waals surface area contributed by atoms with Crippen LogP contribution in [0.15, 0.2) is 0 Å². The van der Waals surface area contributed by atoms with Crippen molar-refractivity contribution < 1.29 is 13.2 Å². The lowest BCUT2D eigenvalue weighted by molar-refractivity contribution is -0.0260. The number of hydrogen-bond acceptors (Lipinski definition) is 5. The van der Waals surface area contributed by atoms with E-state index in [1.165, 1.54) is 0 Å². The number of nitrogens with zero attached hydrogens (tertiary/aromatic N) is 1. The molecule has 6 heteroatoms. The highest BCUT2D eigenvalue weighted by atomic mass is 32.2. The average molecular weight is 290 g/mol. The highest BCUT2D eigenvalue weighted by Gasteiger charge is 2.37. The van der Waals surface area contributed by atoms with Gasteiger partial charge in [0, 0.05) is 31.2 Å². The van der Waals surface area contributed by atoms with Crippen molar-refractivity contribution in [2.24, 2.45) is 5.41 Å². The van der Waals surface area contributed by atoms with Gasteiger partial charge in [0.15, 0.2) is 9.84 Å². The molecule has 19 heavy (non-hydrogen) atoms. The average Bonchev–Trinajstić information content (AvgIpc) is 2.71. The van der Waals surface area contributed by atoms with Gasteiger partial charge in [-0.2, -0.15) is 0 Å². The number of ether oxygens (including phenoxy) is 1. The lowest BCUT2D eigenvalue weighted by Gasteiger charge is -2.41. The fourth-order valence-electron chi connectivity index (χ4n) is 3.39. The first-order chi connectivity index (χ1) is 8.96. The zero-order valence-electron chi connectivity index (χ0n) is 12.0. The Morgan fingerprint density at radius 2 is 2.26 bits per heavy atom. The molecule has 2 unspecified atom stereocenters. The molecular weight excluding hydrogens is 264 g/mol. The van der Waals surface area contributed by atoms with Gasteiger partial charge in [-0.1, -0.05) is 0 Å². The van der Waals surface area contributed by atoms with E-state index in [0.717, 1.165) is 45.6 Å². The molecule has 5 nitrogen and oxygen atoms in total. The maximum absolute atomic E-state index is 11.6. The van der Waals surface area contributed by atoms with Crippen LogP contribution in [0.3, 0.4) is 0 Å². The van der Waals surface area contributed by atoms with Crippen LogP contribution in [0.5, 0.6) is 0 Å². The third kappa shape index (κ3) is 3.90. The van der Waals surface area contributed by atoms with Gasteiger partial charge in [0.05, 0.1) is 18.1 Å². The van der Waals surface area contributed by atoms with E-state index in [4.69, 9.17) is 4.74 Å². The number of rotatable bonds is 5. The van der Waals surface area contributed by atoms with Crippen LogP contribution >= 0.6 is 0 Å². The second kappa shape index (κ2) is 6.08. The van der Waals surface area contributed by atoms with E-state index in [-0.39, 0.29) is 11.5 Å². The second-order valence-corrected chi connectivity index (χ2v) is 8.39. The lowest BCUT2D eigenvalue weighted by Crippen LogP contribution is -2.50. The van der Waals surface area contributed by atoms with Crippen molar-refractivity contribution in [2.45, 2.75) is 25.3 Å². The Morgan fingerprint density at radius 1 is 1.47 bits per heavy atom. The van der Waals surface area contributed by atoms with Gasteiger partial charge in [-0.3, -0.25) is 0 Å². The van der Waals surface area contributed by atoms with Gasteiger partial charge in [-0.25, -0.2) is 8.42 Å². The zero-order valence-corrected chi connectivity index (χ0v) is 12.8. The van der Waals surface area contributed by atoms with Gasteiger partial charge in [-0.15, -0.1) is 0 Å². The summed E-state index contributed by atoms with van der Waals surface area (Å²) in [7, 11) is 1.22. The lowest BCUT2D eigenvalue weighted by atomic mass is 9.81. The minimum atomic E-state index is -2.80. The molecule has 0 saturated carbocycles. The maximum Gasteiger partial charge on any atom is 0.151 e. The van der Waals surface area contributed by atoms with Crippen LogP contribution in [0, 0.1) is 5.41 Å². The van der Waals surface area contributed by atoms with Crippen LogP contribution in [0.1, 0.15) is 19.3 Å². The Hall–Kier alpha value is -0.170. The quantitative estimate of drug-likeness (QED) is 0.779. The summed E-state index contributed by atoms with van der Waals surface area (Å²) in [5.74, 6) is 0.664. The summed E-state index contributed by atoms with van der Waals surface area (Å²) in [5, 5.41) is 3.27. The van der Waals surface area contributed by atoms with Gasteiger partial charge >= 0.3 is 0 Å². The maximum atomic E-state index is 11.6. The first kappa shape index (κ1) is 15.2. The van der Waals surface area contributed by atoms with E-state index < -0.39 is 9.84 Å². The highest BCUT2D eigenvalue weighted by Crippen LogP contribution is 2.30. The summed E-state index contributed by atoms with van der Waals surface area (Å²) in [6.07, 6.45) is 3.02. The molecule has 0 aromatic heterocycles. The van der Waals surface area contributed by atoms with Gasteiger partial charge in [0.1, 0.15) is 0 Å². The highest BCUT2D eigenvalue weighted by molar-refractivity contribution is 7.91. The zero-order chi connectivity index (χ0) is 13.9. The van der Waals surface area contributed by atoms with E-state index in [1.54, 1.807) is 0 Å². The van der Waals surface area contributed by atoms with E-state index in [2.05, 4.69) is 17.3 Å². The SMILES string of the molecule is CNCC1(CN(C)C2CCS(=O)(=O)C2)CCCOC1. The van der Waals surface area contributed by atoms with Gasteiger partial charge in [0.2, 0.25) is 0 Å². The Kier molecular flexibility index (Phi) is 4.87. The van der Waals surface area contributed by atoms with Crippen molar-refractivity contribution in [3.05, 3.63) is 0 Å². The summed E-state index contributed by atoms with van der Waals surface area (Å²) in [5.41, 5.74) is 0.133. The van der Waals surface area contributed by atoms with E-state index in [0.29, 0.717) is 11.5 Å². The van der Waals surface area contributed by atoms with Crippen LogP contribution in [-0.2, 0) is 14.6 Å². The predicted molar refractivity (Wildman–Crippen MR) is 76.1 cm³/mol. The summed E-state index contributed by atoms with van der Waals surface area (Å²) in [6, 6.07) is 0.181. The van der Waals surface area contributed by atoms with E-state index in [9.17, 15) is 8.42 Å². The minimum Gasteiger partial charge on any atom is -0.381 e. The largest absolute Gasteiger partial charge is 0.381 e. The van der Waals surface area contributed by atoms with Crippen molar-refractivity contribution in [3.63, 3.8) is 0 Å². The van der Waals surface area contributed by atoms with E-state index >= 15 is 0 Å². The molecule has 0 aromatic rings. The third-order valence-electron chi connectivity index (χ3n) is 4.37. The Balaban J connectivity index is 1.97. The topological polar surface area (TPSA) is 58.6 Å². The standard InChI is InChI=1S/C13H26N2O3S/c1-14-9-13(5-3-6-18-11-13)10-15(2)12-4-7-19(16,17)8-12/h12,14H,3-11H2,1-2H3. The Bertz CT molecular complexity index is 385. The summed E-state index contributed by atoms with van der Waals surface area (Å²) in [4.78, 5) is 2.23. The minimum absolute atomic E-state index is 0.133. The molecule has 0 amide bonds. The molecule has 2 rings (SSSR count). The third-order valence-corrected chi connectivity index (χ3v) is 6.12. The molecule has 112 valence electrons. The summed E-state index contributed by atoms with van der Waals surface area (Å²) >= 11 is 0. The molecule has 2 saturated heterocycles. The fraction of sp³-hybridized carbons (Fsp3) is 1.00. The van der Waals surface area contributed by atoms with E-state index in [1.807, 2.05) is 7.05 Å². The molecule has 2 atom stereocenters. The number of sulfone groups is 1. The van der Waals surface area contributed by atoms with Crippen molar-refractivity contribution in [2.75, 3.05) is 51.9 Å². The van der Waals surface area contributed by atoms with Crippen LogP contribution in [0.4, 0.5) is 0 Å². The molecular formula is C13H26N2O3S. The number of nitrogens with one attached hydrogen (secondary N) is 1. The normalized spacial score (nSPS) is 34.8. The molecule has 0 aliphatic carbocycles. The smallest absolute Gasteiger partial charge is 0.151 e. The molecule has 0 bridgehead atoms. The molecule has 0 radical (unpaired) electrons. The molecule has 0 aromatic carbocycles. The van der Waals surface area contributed by atoms with Gasteiger partial charge in [0.25, 0.3) is 0 Å². The van der Waals surface area contributed by atoms with Crippen molar-refractivity contribution in [3.8, 4) is 0 Å². The predicted octanol–water partition coefficient (Wildman–Crippen LogP) is 0.122. The summed E-state index contributed by atoms with van der Waals surface area (Å²) < 4.78 is 28.8. The first-order valence-corrected chi connectivity index (χ1v) is 8.92. The monoisotopic (exact) mass is 290 g/mol. The fourth-order valence-corrected chi connectivity index (χ4v) is 5.19. The van der Waals surface area contributed by atoms with Crippen LogP contribution in [-0.4, -0.2) is 71.3 Å². The molecule has 1 N–H and O–H groups in total. The van der Waals surface area contributed by atoms with Crippen LogP contribution in [0.2, 0.25) is 0 Å². The summed E-state index contributed by atoms with van der Waals surface area (Å²) in [6.45, 7) is 3.47. The molecule has 0 spiro atoms. The van der Waals surface area contributed by atoms with Crippen molar-refractivity contribution >= 4 is 9.84 Å². The molecule has 2 fully saturated rings. The number of hydrogen-bond donors (Lipinski definition) is 1. The van der Waals surface area contributed by atoms with Crippen molar-refractivity contribution in [1.82, 2.24) is 10.2 Å². The Labute approximate surface area is 116 Å². The second-order valence-electron chi connectivity index (χ2n) is 6.16. The Morgan fingerprint density at radius 3 is 2.79 bits per heavy atom. The molecule has 2 aliphatic rings.